The Kier molecular flexibility index (Phi) is 5.54. The minimum Gasteiger partial charge on any atom is -0.481 e. The van der Waals surface area contributed by atoms with Crippen LogP contribution in [0.2, 0.25) is 0 Å². The van der Waals surface area contributed by atoms with E-state index in [4.69, 9.17) is 5.11 Å². The molecule has 2 rings (SSSR count). The van der Waals surface area contributed by atoms with Gasteiger partial charge in [-0.2, -0.15) is 0 Å². The molecule has 1 aromatic rings. The van der Waals surface area contributed by atoms with Gasteiger partial charge in [-0.3, -0.25) is 14.4 Å². The van der Waals surface area contributed by atoms with Crippen molar-refractivity contribution in [1.82, 2.24) is 10.2 Å². The molecule has 0 saturated carbocycles. The molecule has 1 saturated heterocycles. The zero-order valence-electron chi connectivity index (χ0n) is 12.4. The van der Waals surface area contributed by atoms with E-state index >= 15 is 0 Å². The Morgan fingerprint density at radius 1 is 1.50 bits per heavy atom. The highest BCUT2D eigenvalue weighted by Crippen LogP contribution is 2.22. The van der Waals surface area contributed by atoms with Gasteiger partial charge < -0.3 is 15.3 Å². The predicted octanol–water partition coefficient (Wildman–Crippen LogP) is 1.72. The Morgan fingerprint density at radius 2 is 2.27 bits per heavy atom. The lowest BCUT2D eigenvalue weighted by molar-refractivity contribution is -0.137. The molecule has 0 aliphatic carbocycles. The van der Waals surface area contributed by atoms with E-state index in [0.717, 1.165) is 6.42 Å². The van der Waals surface area contributed by atoms with Crippen LogP contribution in [0.3, 0.4) is 0 Å². The summed E-state index contributed by atoms with van der Waals surface area (Å²) in [6.45, 7) is 2.36. The van der Waals surface area contributed by atoms with E-state index in [2.05, 4.69) is 5.32 Å². The summed E-state index contributed by atoms with van der Waals surface area (Å²) < 4.78 is 0. The molecule has 7 heteroatoms. The lowest BCUT2D eigenvalue weighted by Gasteiger charge is -2.25. The Morgan fingerprint density at radius 3 is 2.91 bits per heavy atom. The summed E-state index contributed by atoms with van der Waals surface area (Å²) in [5.41, 5.74) is 0. The van der Waals surface area contributed by atoms with E-state index in [1.165, 1.54) is 11.3 Å². The molecule has 1 fully saturated rings. The van der Waals surface area contributed by atoms with Gasteiger partial charge in [0.15, 0.2) is 0 Å². The average molecular weight is 324 g/mol. The minimum absolute atomic E-state index is 0.0178. The second kappa shape index (κ2) is 7.40. The smallest absolute Gasteiger partial charge is 0.303 e. The third kappa shape index (κ3) is 4.07. The van der Waals surface area contributed by atoms with Crippen LogP contribution >= 0.6 is 11.3 Å². The van der Waals surface area contributed by atoms with Crippen molar-refractivity contribution in [3.05, 3.63) is 22.4 Å². The molecule has 2 unspecified atom stereocenters. The number of carbonyl (C=O) groups excluding carboxylic acids is 2. The molecule has 1 aromatic heterocycles. The van der Waals surface area contributed by atoms with Gasteiger partial charge in [-0.15, -0.1) is 11.3 Å². The quantitative estimate of drug-likeness (QED) is 0.834. The molecule has 22 heavy (non-hydrogen) atoms. The topological polar surface area (TPSA) is 86.7 Å². The maximum Gasteiger partial charge on any atom is 0.303 e. The zero-order chi connectivity index (χ0) is 16.1. The number of hydrogen-bond donors (Lipinski definition) is 2. The first kappa shape index (κ1) is 16.5. The van der Waals surface area contributed by atoms with Gasteiger partial charge in [-0.05, 0) is 37.6 Å². The van der Waals surface area contributed by atoms with Gasteiger partial charge in [-0.25, -0.2) is 0 Å². The van der Waals surface area contributed by atoms with E-state index in [-0.39, 0.29) is 24.3 Å². The molecular weight excluding hydrogens is 304 g/mol. The minimum atomic E-state index is -0.878. The maximum absolute atomic E-state index is 12.4. The third-order valence-corrected chi connectivity index (χ3v) is 4.59. The van der Waals surface area contributed by atoms with Gasteiger partial charge in [0.1, 0.15) is 6.04 Å². The monoisotopic (exact) mass is 324 g/mol. The average Bonchev–Trinajstić information content (AvgIpc) is 3.15. The SMILES string of the molecule is CC(CCC(=O)O)NC(=O)C1CCCN1C(=O)c1cccs1. The molecule has 2 heterocycles. The van der Waals surface area contributed by atoms with Crippen LogP contribution in [0.25, 0.3) is 0 Å². The first-order valence-electron chi connectivity index (χ1n) is 7.35. The number of carboxylic acids is 1. The number of nitrogens with zero attached hydrogens (tertiary/aromatic N) is 1. The highest BCUT2D eigenvalue weighted by molar-refractivity contribution is 7.12. The Balaban J connectivity index is 1.93. The lowest BCUT2D eigenvalue weighted by Crippen LogP contribution is -2.48. The molecule has 0 radical (unpaired) electrons. The van der Waals surface area contributed by atoms with Crippen LogP contribution in [0, 0.1) is 0 Å². The van der Waals surface area contributed by atoms with E-state index in [1.807, 2.05) is 11.4 Å². The molecule has 0 spiro atoms. The van der Waals surface area contributed by atoms with E-state index in [1.54, 1.807) is 17.9 Å². The van der Waals surface area contributed by atoms with Crippen LogP contribution in [0.5, 0.6) is 0 Å². The van der Waals surface area contributed by atoms with Crippen LogP contribution in [-0.4, -0.2) is 46.4 Å². The summed E-state index contributed by atoms with van der Waals surface area (Å²) in [5, 5.41) is 13.3. The van der Waals surface area contributed by atoms with Gasteiger partial charge in [0.05, 0.1) is 4.88 Å². The van der Waals surface area contributed by atoms with Crippen LogP contribution in [0.4, 0.5) is 0 Å². The third-order valence-electron chi connectivity index (χ3n) is 3.73. The second-order valence-corrected chi connectivity index (χ2v) is 6.42. The highest BCUT2D eigenvalue weighted by Gasteiger charge is 2.35. The Bertz CT molecular complexity index is 544. The Labute approximate surface area is 133 Å². The predicted molar refractivity (Wildman–Crippen MR) is 82.9 cm³/mol. The molecule has 0 bridgehead atoms. The summed E-state index contributed by atoms with van der Waals surface area (Å²) in [6.07, 6.45) is 1.85. The van der Waals surface area contributed by atoms with Crippen molar-refractivity contribution in [2.24, 2.45) is 0 Å². The van der Waals surface area contributed by atoms with Gasteiger partial charge in [0.25, 0.3) is 5.91 Å². The summed E-state index contributed by atoms with van der Waals surface area (Å²) in [6, 6.07) is 2.90. The number of thiophene rings is 1. The number of carboxylic acid groups (broad SMARTS) is 1. The number of carbonyl (C=O) groups is 3. The van der Waals surface area contributed by atoms with Crippen molar-refractivity contribution in [1.29, 1.82) is 0 Å². The van der Waals surface area contributed by atoms with Crippen molar-refractivity contribution in [3.63, 3.8) is 0 Å². The lowest BCUT2D eigenvalue weighted by atomic mass is 10.1. The molecule has 1 aliphatic heterocycles. The summed E-state index contributed by atoms with van der Waals surface area (Å²) in [7, 11) is 0. The van der Waals surface area contributed by atoms with E-state index in [0.29, 0.717) is 24.3 Å². The number of amides is 2. The molecule has 6 nitrogen and oxygen atoms in total. The molecule has 2 N–H and O–H groups in total. The first-order chi connectivity index (χ1) is 10.5. The summed E-state index contributed by atoms with van der Waals surface area (Å²) in [4.78, 5) is 37.5. The molecule has 120 valence electrons. The summed E-state index contributed by atoms with van der Waals surface area (Å²) in [5.74, 6) is -1.18. The van der Waals surface area contributed by atoms with Crippen molar-refractivity contribution < 1.29 is 19.5 Å². The van der Waals surface area contributed by atoms with Gasteiger partial charge >= 0.3 is 5.97 Å². The normalized spacial score (nSPS) is 19.0. The summed E-state index contributed by atoms with van der Waals surface area (Å²) >= 11 is 1.37. The van der Waals surface area contributed by atoms with Crippen molar-refractivity contribution in [2.75, 3.05) is 6.54 Å². The molecule has 2 atom stereocenters. The molecule has 0 aromatic carbocycles. The fourth-order valence-corrected chi connectivity index (χ4v) is 3.25. The zero-order valence-corrected chi connectivity index (χ0v) is 13.3. The highest BCUT2D eigenvalue weighted by atomic mass is 32.1. The molecule has 1 aliphatic rings. The fourth-order valence-electron chi connectivity index (χ4n) is 2.58. The van der Waals surface area contributed by atoms with Crippen LogP contribution in [-0.2, 0) is 9.59 Å². The largest absolute Gasteiger partial charge is 0.481 e. The van der Waals surface area contributed by atoms with E-state index in [9.17, 15) is 14.4 Å². The van der Waals surface area contributed by atoms with Crippen molar-refractivity contribution >= 4 is 29.1 Å². The number of nitrogens with one attached hydrogen (secondary N) is 1. The van der Waals surface area contributed by atoms with Crippen LogP contribution in [0.1, 0.15) is 42.3 Å². The van der Waals surface area contributed by atoms with Crippen LogP contribution in [0.15, 0.2) is 17.5 Å². The fraction of sp³-hybridized carbons (Fsp3) is 0.533. The van der Waals surface area contributed by atoms with Gasteiger partial charge in [0, 0.05) is 19.0 Å². The Hall–Kier alpha value is -1.89. The van der Waals surface area contributed by atoms with Crippen molar-refractivity contribution in [2.45, 2.75) is 44.7 Å². The number of likely N-dealkylation sites (tertiary alicyclic amines) is 1. The number of hydrogen-bond acceptors (Lipinski definition) is 4. The van der Waals surface area contributed by atoms with Crippen molar-refractivity contribution in [3.8, 4) is 0 Å². The van der Waals surface area contributed by atoms with Crippen LogP contribution < -0.4 is 5.32 Å². The standard InChI is InChI=1S/C15H20N2O4S/c1-10(6-7-13(18)19)16-14(20)11-4-2-8-17(11)15(21)12-5-3-9-22-12/h3,5,9-11H,2,4,6-8H2,1H3,(H,16,20)(H,18,19). The molecule has 2 amide bonds. The number of aliphatic carboxylic acids is 1. The van der Waals surface area contributed by atoms with Gasteiger partial charge in [-0.1, -0.05) is 6.07 Å². The number of rotatable bonds is 6. The first-order valence-corrected chi connectivity index (χ1v) is 8.23. The van der Waals surface area contributed by atoms with E-state index < -0.39 is 12.0 Å². The second-order valence-electron chi connectivity index (χ2n) is 5.48. The van der Waals surface area contributed by atoms with Gasteiger partial charge in [0.2, 0.25) is 5.91 Å². The maximum atomic E-state index is 12.4. The molecular formula is C15H20N2O4S.